The molecule has 0 saturated carbocycles. The van der Waals surface area contributed by atoms with Crippen molar-refractivity contribution in [2.24, 2.45) is 0 Å². The van der Waals surface area contributed by atoms with E-state index < -0.39 is 0 Å². The first kappa shape index (κ1) is 15.1. The van der Waals surface area contributed by atoms with Crippen LogP contribution in [0.5, 0.6) is 5.75 Å². The van der Waals surface area contributed by atoms with E-state index in [0.717, 1.165) is 3.57 Å². The molecule has 5 heteroatoms. The van der Waals surface area contributed by atoms with Gasteiger partial charge in [-0.25, -0.2) is 0 Å². The van der Waals surface area contributed by atoms with Crippen molar-refractivity contribution in [1.29, 1.82) is 0 Å². The minimum absolute atomic E-state index is 0.188. The van der Waals surface area contributed by atoms with Crippen molar-refractivity contribution in [1.82, 2.24) is 0 Å². The average molecular weight is 402 g/mol. The van der Waals surface area contributed by atoms with Gasteiger partial charge in [0.15, 0.2) is 0 Å². The fourth-order valence-electron chi connectivity index (χ4n) is 1.71. The summed E-state index contributed by atoms with van der Waals surface area (Å²) in [4.78, 5) is 12.2. The lowest BCUT2D eigenvalue weighted by atomic mass is 10.2. The molecule has 0 bridgehead atoms. The monoisotopic (exact) mass is 401 g/mol. The summed E-state index contributed by atoms with van der Waals surface area (Å²) in [5.41, 5.74) is 1.17. The van der Waals surface area contributed by atoms with Gasteiger partial charge in [0.25, 0.3) is 5.91 Å². The summed E-state index contributed by atoms with van der Waals surface area (Å²) in [6.07, 6.45) is 0. The molecule has 1 amide bonds. The lowest BCUT2D eigenvalue weighted by molar-refractivity contribution is 0.102. The van der Waals surface area contributed by atoms with Gasteiger partial charge in [0, 0.05) is 14.2 Å². The van der Waals surface area contributed by atoms with E-state index in [1.807, 2.05) is 25.1 Å². The second-order valence-electron chi connectivity index (χ2n) is 4.04. The number of benzene rings is 2. The summed E-state index contributed by atoms with van der Waals surface area (Å²) in [5, 5.41) is 3.38. The van der Waals surface area contributed by atoms with E-state index in [0.29, 0.717) is 28.6 Å². The van der Waals surface area contributed by atoms with E-state index in [1.165, 1.54) is 0 Å². The lowest BCUT2D eigenvalue weighted by Crippen LogP contribution is -2.13. The van der Waals surface area contributed by atoms with Gasteiger partial charge in [0.1, 0.15) is 5.75 Å². The second-order valence-corrected chi connectivity index (χ2v) is 5.72. The number of amides is 1. The normalized spacial score (nSPS) is 10.2. The zero-order chi connectivity index (χ0) is 14.5. The maximum absolute atomic E-state index is 12.2. The Bertz CT molecular complexity index is 631. The number of hydrogen-bond donors (Lipinski definition) is 1. The number of hydrogen-bond acceptors (Lipinski definition) is 2. The van der Waals surface area contributed by atoms with Crippen LogP contribution in [0.2, 0.25) is 5.02 Å². The molecule has 0 saturated heterocycles. The van der Waals surface area contributed by atoms with Gasteiger partial charge in [-0.1, -0.05) is 17.7 Å². The predicted octanol–water partition coefficient (Wildman–Crippen LogP) is 4.60. The van der Waals surface area contributed by atoms with Crippen LogP contribution in [-0.4, -0.2) is 12.5 Å². The number of anilines is 1. The Hall–Kier alpha value is -1.27. The maximum Gasteiger partial charge on any atom is 0.255 e. The topological polar surface area (TPSA) is 38.3 Å². The zero-order valence-corrected chi connectivity index (χ0v) is 13.7. The van der Waals surface area contributed by atoms with Crippen LogP contribution in [0.25, 0.3) is 0 Å². The van der Waals surface area contributed by atoms with Gasteiger partial charge in [-0.3, -0.25) is 4.79 Å². The van der Waals surface area contributed by atoms with Crippen molar-refractivity contribution >= 4 is 45.8 Å². The van der Waals surface area contributed by atoms with Crippen LogP contribution in [-0.2, 0) is 0 Å². The molecule has 0 aliphatic heterocycles. The highest BCUT2D eigenvalue weighted by Crippen LogP contribution is 2.28. The van der Waals surface area contributed by atoms with Crippen LogP contribution < -0.4 is 10.1 Å². The van der Waals surface area contributed by atoms with E-state index >= 15 is 0 Å². The van der Waals surface area contributed by atoms with Crippen LogP contribution in [0.1, 0.15) is 17.3 Å². The molecule has 0 heterocycles. The number of carbonyl (C=O) groups is 1. The van der Waals surface area contributed by atoms with E-state index in [4.69, 9.17) is 16.3 Å². The number of carbonyl (C=O) groups excluding carboxylic acids is 1. The molecular weight excluding hydrogens is 389 g/mol. The largest absolute Gasteiger partial charge is 0.492 e. The molecule has 0 spiro atoms. The van der Waals surface area contributed by atoms with Gasteiger partial charge in [-0.05, 0) is 65.9 Å². The Labute approximate surface area is 136 Å². The van der Waals surface area contributed by atoms with E-state index in [9.17, 15) is 4.79 Å². The molecule has 0 atom stereocenters. The quantitative estimate of drug-likeness (QED) is 0.761. The molecule has 20 heavy (non-hydrogen) atoms. The summed E-state index contributed by atoms with van der Waals surface area (Å²) in [7, 11) is 0. The molecule has 0 aromatic heterocycles. The molecule has 0 unspecified atom stereocenters. The number of nitrogens with one attached hydrogen (secondary N) is 1. The molecule has 0 radical (unpaired) electrons. The summed E-state index contributed by atoms with van der Waals surface area (Å²) in [6, 6.07) is 12.5. The highest BCUT2D eigenvalue weighted by molar-refractivity contribution is 14.1. The molecule has 104 valence electrons. The first-order valence-corrected chi connectivity index (χ1v) is 7.55. The van der Waals surface area contributed by atoms with E-state index in [2.05, 4.69) is 27.9 Å². The first-order chi connectivity index (χ1) is 9.60. The standard InChI is InChI=1S/C15H13ClINO2/c1-2-20-14-7-6-11(16)9-13(14)18-15(19)10-4-3-5-12(17)8-10/h3-9H,2H2,1H3,(H,18,19). The minimum atomic E-state index is -0.188. The molecule has 0 aliphatic rings. The van der Waals surface area contributed by atoms with E-state index in [-0.39, 0.29) is 5.91 Å². The van der Waals surface area contributed by atoms with Gasteiger partial charge in [-0.15, -0.1) is 0 Å². The van der Waals surface area contributed by atoms with E-state index in [1.54, 1.807) is 24.3 Å². The van der Waals surface area contributed by atoms with Crippen molar-refractivity contribution in [3.63, 3.8) is 0 Å². The number of halogens is 2. The van der Waals surface area contributed by atoms with Crippen molar-refractivity contribution < 1.29 is 9.53 Å². The zero-order valence-electron chi connectivity index (χ0n) is 10.8. The predicted molar refractivity (Wildman–Crippen MR) is 89.7 cm³/mol. The van der Waals surface area contributed by atoms with Gasteiger partial charge >= 0.3 is 0 Å². The smallest absolute Gasteiger partial charge is 0.255 e. The van der Waals surface area contributed by atoms with Gasteiger partial charge in [-0.2, -0.15) is 0 Å². The average Bonchev–Trinajstić information content (AvgIpc) is 2.42. The van der Waals surface area contributed by atoms with Crippen molar-refractivity contribution in [2.45, 2.75) is 6.92 Å². The Morgan fingerprint density at radius 3 is 2.80 bits per heavy atom. The van der Waals surface area contributed by atoms with Crippen LogP contribution >= 0.6 is 34.2 Å². The Morgan fingerprint density at radius 1 is 1.30 bits per heavy atom. The molecule has 0 fully saturated rings. The highest BCUT2D eigenvalue weighted by Gasteiger charge is 2.10. The summed E-state index contributed by atoms with van der Waals surface area (Å²) in [5.74, 6) is 0.419. The third-order valence-corrected chi connectivity index (χ3v) is 3.48. The summed E-state index contributed by atoms with van der Waals surface area (Å²) < 4.78 is 6.48. The van der Waals surface area contributed by atoms with Gasteiger partial charge in [0.2, 0.25) is 0 Å². The molecule has 1 N–H and O–H groups in total. The molecule has 2 rings (SSSR count). The van der Waals surface area contributed by atoms with Gasteiger partial charge < -0.3 is 10.1 Å². The lowest BCUT2D eigenvalue weighted by Gasteiger charge is -2.12. The Kier molecular flexibility index (Phi) is 5.25. The van der Waals surface area contributed by atoms with Crippen molar-refractivity contribution in [3.05, 3.63) is 56.6 Å². The molecule has 0 aliphatic carbocycles. The number of ether oxygens (including phenoxy) is 1. The van der Waals surface area contributed by atoms with Crippen molar-refractivity contribution in [2.75, 3.05) is 11.9 Å². The third-order valence-electron chi connectivity index (χ3n) is 2.58. The van der Waals surface area contributed by atoms with Crippen molar-refractivity contribution in [3.8, 4) is 5.75 Å². The highest BCUT2D eigenvalue weighted by atomic mass is 127. The maximum atomic E-state index is 12.2. The summed E-state index contributed by atoms with van der Waals surface area (Å²) >= 11 is 8.13. The fraction of sp³-hybridized carbons (Fsp3) is 0.133. The second kappa shape index (κ2) is 6.95. The molecule has 3 nitrogen and oxygen atoms in total. The van der Waals surface area contributed by atoms with Gasteiger partial charge in [0.05, 0.1) is 12.3 Å². The van der Waals surface area contributed by atoms with Crippen LogP contribution in [0.15, 0.2) is 42.5 Å². The van der Waals surface area contributed by atoms with Crippen LogP contribution in [0.4, 0.5) is 5.69 Å². The van der Waals surface area contributed by atoms with Crippen LogP contribution in [0.3, 0.4) is 0 Å². The Balaban J connectivity index is 2.25. The summed E-state index contributed by atoms with van der Waals surface area (Å²) in [6.45, 7) is 2.41. The molecule has 2 aromatic carbocycles. The number of rotatable bonds is 4. The van der Waals surface area contributed by atoms with Crippen LogP contribution in [0, 0.1) is 3.57 Å². The fourth-order valence-corrected chi connectivity index (χ4v) is 2.42. The third kappa shape index (κ3) is 3.86. The SMILES string of the molecule is CCOc1ccc(Cl)cc1NC(=O)c1cccc(I)c1. The molecular formula is C15H13ClINO2. The molecule has 2 aromatic rings. The minimum Gasteiger partial charge on any atom is -0.492 e. The first-order valence-electron chi connectivity index (χ1n) is 6.09. The Morgan fingerprint density at radius 2 is 2.10 bits per heavy atom.